The topological polar surface area (TPSA) is 78.4 Å². The lowest BCUT2D eigenvalue weighted by molar-refractivity contribution is -0.126. The molecule has 5 nitrogen and oxygen atoms in total. The lowest BCUT2D eigenvalue weighted by Gasteiger charge is -2.35. The molecule has 2 unspecified atom stereocenters. The molecule has 0 bridgehead atoms. The lowest BCUT2D eigenvalue weighted by atomic mass is 9.79. The summed E-state index contributed by atoms with van der Waals surface area (Å²) in [5.41, 5.74) is -0.774. The Morgan fingerprint density at radius 1 is 1.41 bits per heavy atom. The average molecular weight is 242 g/mol. The molecule has 3 N–H and O–H groups in total. The zero-order valence-corrected chi connectivity index (χ0v) is 10.6. The van der Waals surface area contributed by atoms with E-state index in [1.807, 2.05) is 0 Å². The van der Waals surface area contributed by atoms with Crippen LogP contribution in [0.25, 0.3) is 0 Å². The summed E-state index contributed by atoms with van der Waals surface area (Å²) in [6.07, 6.45) is 3.60. The molecule has 1 saturated carbocycles. The highest BCUT2D eigenvalue weighted by atomic mass is 16.3. The number of hydrogen-bond donors (Lipinski definition) is 3. The summed E-state index contributed by atoms with van der Waals surface area (Å²) in [7, 11) is 0. The van der Waals surface area contributed by atoms with E-state index < -0.39 is 5.60 Å². The molecule has 0 aromatic carbocycles. The largest absolute Gasteiger partial charge is 0.388 e. The number of hydrogen-bond acceptors (Lipinski definition) is 3. The van der Waals surface area contributed by atoms with E-state index in [0.717, 1.165) is 25.7 Å². The van der Waals surface area contributed by atoms with E-state index in [2.05, 4.69) is 17.6 Å². The molecule has 0 heterocycles. The van der Waals surface area contributed by atoms with Crippen LogP contribution in [-0.2, 0) is 9.59 Å². The maximum absolute atomic E-state index is 11.4. The van der Waals surface area contributed by atoms with Gasteiger partial charge in [-0.05, 0) is 18.8 Å². The van der Waals surface area contributed by atoms with Crippen LogP contribution in [0, 0.1) is 5.92 Å². The highest BCUT2D eigenvalue weighted by Gasteiger charge is 2.32. The van der Waals surface area contributed by atoms with Gasteiger partial charge in [0.15, 0.2) is 0 Å². The van der Waals surface area contributed by atoms with Gasteiger partial charge in [-0.3, -0.25) is 9.59 Å². The zero-order valence-electron chi connectivity index (χ0n) is 10.6. The predicted octanol–water partition coefficient (Wildman–Crippen LogP) is 0.180. The van der Waals surface area contributed by atoms with Crippen LogP contribution in [0.4, 0.5) is 0 Å². The average Bonchev–Trinajstić information content (AvgIpc) is 2.23. The van der Waals surface area contributed by atoms with Crippen molar-refractivity contribution in [3.8, 4) is 0 Å². The summed E-state index contributed by atoms with van der Waals surface area (Å²) >= 11 is 0. The number of rotatable bonds is 4. The third-order valence-corrected chi connectivity index (χ3v) is 3.18. The summed E-state index contributed by atoms with van der Waals surface area (Å²) in [5, 5.41) is 15.4. The van der Waals surface area contributed by atoms with Crippen molar-refractivity contribution in [3.63, 3.8) is 0 Å². The first-order valence-corrected chi connectivity index (χ1v) is 6.15. The number of aliphatic hydroxyl groups is 1. The van der Waals surface area contributed by atoms with Crippen LogP contribution in [0.5, 0.6) is 0 Å². The molecule has 0 spiro atoms. The van der Waals surface area contributed by atoms with Crippen LogP contribution >= 0.6 is 0 Å². The molecule has 1 aliphatic carbocycles. The standard InChI is InChI=1S/C12H22N2O3/c1-9-4-3-5-12(17,6-9)8-14-11(16)7-13-10(2)15/h9,17H,3-8H2,1-2H3,(H,13,15)(H,14,16). The summed E-state index contributed by atoms with van der Waals surface area (Å²) < 4.78 is 0. The molecule has 17 heavy (non-hydrogen) atoms. The van der Waals surface area contributed by atoms with Gasteiger partial charge in [0, 0.05) is 13.5 Å². The van der Waals surface area contributed by atoms with Gasteiger partial charge in [0.2, 0.25) is 11.8 Å². The normalized spacial score (nSPS) is 28.5. The van der Waals surface area contributed by atoms with E-state index in [1.54, 1.807) is 0 Å². The van der Waals surface area contributed by atoms with Crippen molar-refractivity contribution in [2.24, 2.45) is 5.92 Å². The SMILES string of the molecule is CC(=O)NCC(=O)NCC1(O)CCCC(C)C1. The number of carbonyl (C=O) groups excluding carboxylic acids is 2. The van der Waals surface area contributed by atoms with E-state index in [0.29, 0.717) is 5.92 Å². The van der Waals surface area contributed by atoms with Crippen LogP contribution in [0.2, 0.25) is 0 Å². The molecule has 1 fully saturated rings. The second-order valence-electron chi connectivity index (χ2n) is 5.11. The summed E-state index contributed by atoms with van der Waals surface area (Å²) in [6.45, 7) is 3.73. The first-order valence-electron chi connectivity index (χ1n) is 6.15. The molecular weight excluding hydrogens is 220 g/mol. The molecule has 98 valence electrons. The molecule has 1 aliphatic rings. The molecule has 0 radical (unpaired) electrons. The minimum atomic E-state index is -0.774. The Bertz CT molecular complexity index is 293. The van der Waals surface area contributed by atoms with Gasteiger partial charge in [0.05, 0.1) is 12.1 Å². The summed E-state index contributed by atoms with van der Waals surface area (Å²) in [4.78, 5) is 22.0. The Balaban J connectivity index is 2.28. The second-order valence-corrected chi connectivity index (χ2v) is 5.11. The van der Waals surface area contributed by atoms with Crippen molar-refractivity contribution in [1.82, 2.24) is 10.6 Å². The van der Waals surface area contributed by atoms with Crippen LogP contribution in [-0.4, -0.2) is 35.6 Å². The number of amides is 2. The van der Waals surface area contributed by atoms with Crippen LogP contribution < -0.4 is 10.6 Å². The van der Waals surface area contributed by atoms with Crippen molar-refractivity contribution in [3.05, 3.63) is 0 Å². The highest BCUT2D eigenvalue weighted by Crippen LogP contribution is 2.31. The van der Waals surface area contributed by atoms with Crippen LogP contribution in [0.3, 0.4) is 0 Å². The first kappa shape index (κ1) is 14.0. The first-order chi connectivity index (χ1) is 7.91. The van der Waals surface area contributed by atoms with Gasteiger partial charge in [-0.25, -0.2) is 0 Å². The monoisotopic (exact) mass is 242 g/mol. The molecule has 2 atom stereocenters. The minimum absolute atomic E-state index is 0.0268. The Labute approximate surface area is 102 Å². The minimum Gasteiger partial charge on any atom is -0.388 e. The molecule has 5 heteroatoms. The summed E-state index contributed by atoms with van der Waals surface area (Å²) in [6, 6.07) is 0. The smallest absolute Gasteiger partial charge is 0.239 e. The Kier molecular flexibility index (Phi) is 4.93. The van der Waals surface area contributed by atoms with E-state index in [4.69, 9.17) is 0 Å². The van der Waals surface area contributed by atoms with Crippen molar-refractivity contribution >= 4 is 11.8 Å². The Hall–Kier alpha value is -1.10. The van der Waals surface area contributed by atoms with Crippen molar-refractivity contribution in [2.75, 3.05) is 13.1 Å². The fraction of sp³-hybridized carbons (Fsp3) is 0.833. The van der Waals surface area contributed by atoms with E-state index in [-0.39, 0.29) is 24.9 Å². The van der Waals surface area contributed by atoms with Gasteiger partial charge < -0.3 is 15.7 Å². The van der Waals surface area contributed by atoms with Gasteiger partial charge in [0.25, 0.3) is 0 Å². The lowest BCUT2D eigenvalue weighted by Crippen LogP contribution is -2.47. The Morgan fingerprint density at radius 3 is 2.71 bits per heavy atom. The number of carbonyl (C=O) groups is 2. The molecule has 0 aromatic heterocycles. The van der Waals surface area contributed by atoms with E-state index >= 15 is 0 Å². The van der Waals surface area contributed by atoms with Gasteiger partial charge in [-0.1, -0.05) is 19.8 Å². The van der Waals surface area contributed by atoms with Crippen molar-refractivity contribution < 1.29 is 14.7 Å². The zero-order chi connectivity index (χ0) is 12.9. The third-order valence-electron chi connectivity index (χ3n) is 3.18. The van der Waals surface area contributed by atoms with Gasteiger partial charge in [-0.2, -0.15) is 0 Å². The molecular formula is C12H22N2O3. The summed E-state index contributed by atoms with van der Waals surface area (Å²) in [5.74, 6) is 0.0120. The fourth-order valence-electron chi connectivity index (χ4n) is 2.32. The van der Waals surface area contributed by atoms with Gasteiger partial charge in [0.1, 0.15) is 0 Å². The molecule has 0 saturated heterocycles. The predicted molar refractivity (Wildman–Crippen MR) is 64.3 cm³/mol. The quantitative estimate of drug-likeness (QED) is 0.658. The van der Waals surface area contributed by atoms with Crippen LogP contribution in [0.1, 0.15) is 39.5 Å². The molecule has 0 aromatic rings. The van der Waals surface area contributed by atoms with Gasteiger partial charge in [-0.15, -0.1) is 0 Å². The maximum Gasteiger partial charge on any atom is 0.239 e. The maximum atomic E-state index is 11.4. The molecule has 0 aliphatic heterocycles. The number of nitrogens with one attached hydrogen (secondary N) is 2. The molecule has 1 rings (SSSR count). The van der Waals surface area contributed by atoms with Crippen molar-refractivity contribution in [2.45, 2.75) is 45.1 Å². The Morgan fingerprint density at radius 2 is 2.12 bits per heavy atom. The van der Waals surface area contributed by atoms with E-state index in [9.17, 15) is 14.7 Å². The fourth-order valence-corrected chi connectivity index (χ4v) is 2.32. The third kappa shape index (κ3) is 5.17. The van der Waals surface area contributed by atoms with E-state index in [1.165, 1.54) is 6.92 Å². The van der Waals surface area contributed by atoms with Crippen molar-refractivity contribution in [1.29, 1.82) is 0 Å². The van der Waals surface area contributed by atoms with Gasteiger partial charge >= 0.3 is 0 Å². The molecule has 2 amide bonds. The van der Waals surface area contributed by atoms with Crippen LogP contribution in [0.15, 0.2) is 0 Å². The highest BCUT2D eigenvalue weighted by molar-refractivity contribution is 5.83. The second kappa shape index (κ2) is 6.00.